The molecule has 0 aromatic heterocycles. The van der Waals surface area contributed by atoms with Gasteiger partial charge in [0.15, 0.2) is 17.5 Å². The van der Waals surface area contributed by atoms with E-state index in [2.05, 4.69) is 5.32 Å². The number of quaternary nitrogens is 1. The van der Waals surface area contributed by atoms with Crippen LogP contribution in [0.1, 0.15) is 25.0 Å². The average molecular weight is 388 g/mol. The van der Waals surface area contributed by atoms with Crippen LogP contribution in [0.2, 0.25) is 0 Å². The van der Waals surface area contributed by atoms with Crippen molar-refractivity contribution in [3.8, 4) is 17.2 Å². The third-order valence-corrected chi connectivity index (χ3v) is 4.76. The lowest BCUT2D eigenvalue weighted by atomic mass is 10.1. The van der Waals surface area contributed by atoms with Crippen LogP contribution in [0.5, 0.6) is 17.2 Å². The molecule has 0 radical (unpaired) electrons. The van der Waals surface area contributed by atoms with Crippen molar-refractivity contribution in [1.82, 2.24) is 5.32 Å². The number of carbonyl (C=O) groups excluding carboxylic acids is 1. The van der Waals surface area contributed by atoms with Crippen molar-refractivity contribution in [3.63, 3.8) is 0 Å². The van der Waals surface area contributed by atoms with Crippen LogP contribution in [0, 0.1) is 0 Å². The molecule has 2 N–H and O–H groups in total. The Balaban J connectivity index is 1.89. The summed E-state index contributed by atoms with van der Waals surface area (Å²) < 4.78 is 16.0. The second kappa shape index (κ2) is 10.6. The Labute approximate surface area is 167 Å². The highest BCUT2D eigenvalue weighted by Crippen LogP contribution is 2.27. The van der Waals surface area contributed by atoms with Gasteiger partial charge in [-0.2, -0.15) is 0 Å². The number of rotatable bonds is 10. The van der Waals surface area contributed by atoms with E-state index in [1.807, 2.05) is 63.4 Å². The quantitative estimate of drug-likeness (QED) is 0.653. The van der Waals surface area contributed by atoms with Crippen LogP contribution in [0.3, 0.4) is 0 Å². The SMILES string of the molecule is CCOc1ccc(C[NH+](C)[C@H](C)C(=O)NCc2ccc(OC)c(OC)c2)cc1. The van der Waals surface area contributed by atoms with Gasteiger partial charge in [-0.25, -0.2) is 0 Å². The van der Waals surface area contributed by atoms with Gasteiger partial charge in [0.05, 0.1) is 27.9 Å². The first-order chi connectivity index (χ1) is 13.5. The minimum atomic E-state index is -0.174. The van der Waals surface area contributed by atoms with E-state index in [1.54, 1.807) is 14.2 Å². The summed E-state index contributed by atoms with van der Waals surface area (Å²) in [5, 5.41) is 3.00. The van der Waals surface area contributed by atoms with Gasteiger partial charge in [0.2, 0.25) is 0 Å². The Bertz CT molecular complexity index is 762. The number of likely N-dealkylation sites (N-methyl/N-ethyl adjacent to an activating group) is 1. The maximum Gasteiger partial charge on any atom is 0.278 e. The third-order valence-electron chi connectivity index (χ3n) is 4.76. The molecule has 1 amide bonds. The van der Waals surface area contributed by atoms with Crippen LogP contribution in [-0.2, 0) is 17.9 Å². The first-order valence-corrected chi connectivity index (χ1v) is 9.51. The largest absolute Gasteiger partial charge is 0.494 e. The molecule has 1 unspecified atom stereocenters. The molecule has 0 saturated heterocycles. The molecule has 2 aromatic carbocycles. The molecule has 0 aliphatic carbocycles. The molecule has 152 valence electrons. The maximum atomic E-state index is 12.6. The summed E-state index contributed by atoms with van der Waals surface area (Å²) in [4.78, 5) is 13.7. The molecular formula is C22H31N2O4+. The van der Waals surface area contributed by atoms with Crippen LogP contribution >= 0.6 is 0 Å². The summed E-state index contributed by atoms with van der Waals surface area (Å²) in [5.74, 6) is 2.20. The van der Waals surface area contributed by atoms with E-state index in [0.717, 1.165) is 22.8 Å². The number of methoxy groups -OCH3 is 2. The van der Waals surface area contributed by atoms with Crippen LogP contribution < -0.4 is 24.4 Å². The predicted molar refractivity (Wildman–Crippen MR) is 109 cm³/mol. The van der Waals surface area contributed by atoms with E-state index < -0.39 is 0 Å². The first kappa shape index (κ1) is 21.6. The smallest absolute Gasteiger partial charge is 0.278 e. The van der Waals surface area contributed by atoms with Gasteiger partial charge in [0.1, 0.15) is 12.3 Å². The number of carbonyl (C=O) groups is 1. The fraction of sp³-hybridized carbons (Fsp3) is 0.409. The standard InChI is InChI=1S/C22H30N2O4/c1-6-28-19-10-7-17(8-11-19)15-24(3)16(2)22(25)23-14-18-9-12-20(26-4)21(13-18)27-5/h7-13,16H,6,14-15H2,1-5H3,(H,23,25)/p+1/t16-/m1/s1. The van der Waals surface area contributed by atoms with E-state index in [9.17, 15) is 4.79 Å². The van der Waals surface area contributed by atoms with E-state index in [4.69, 9.17) is 14.2 Å². The Morgan fingerprint density at radius 2 is 1.68 bits per heavy atom. The minimum Gasteiger partial charge on any atom is -0.494 e. The summed E-state index contributed by atoms with van der Waals surface area (Å²) in [7, 11) is 5.22. The zero-order valence-electron chi connectivity index (χ0n) is 17.4. The molecule has 0 heterocycles. The van der Waals surface area contributed by atoms with E-state index in [0.29, 0.717) is 24.7 Å². The zero-order valence-corrected chi connectivity index (χ0v) is 17.4. The fourth-order valence-electron chi connectivity index (χ4n) is 2.90. The highest BCUT2D eigenvalue weighted by atomic mass is 16.5. The topological polar surface area (TPSA) is 61.2 Å². The van der Waals surface area contributed by atoms with Crippen molar-refractivity contribution in [2.75, 3.05) is 27.9 Å². The lowest BCUT2D eigenvalue weighted by Crippen LogP contribution is -3.12. The summed E-state index contributed by atoms with van der Waals surface area (Å²) >= 11 is 0. The van der Waals surface area contributed by atoms with E-state index >= 15 is 0 Å². The number of amides is 1. The van der Waals surface area contributed by atoms with Crippen LogP contribution in [-0.4, -0.2) is 39.8 Å². The van der Waals surface area contributed by atoms with Gasteiger partial charge in [-0.15, -0.1) is 0 Å². The second-order valence-corrected chi connectivity index (χ2v) is 6.73. The molecule has 0 aliphatic heterocycles. The molecular weight excluding hydrogens is 356 g/mol. The van der Waals surface area contributed by atoms with Crippen molar-refractivity contribution >= 4 is 5.91 Å². The number of nitrogens with one attached hydrogen (secondary N) is 2. The molecule has 0 bridgehead atoms. The number of hydrogen-bond donors (Lipinski definition) is 2. The molecule has 0 aliphatic rings. The lowest BCUT2D eigenvalue weighted by Gasteiger charge is -2.21. The van der Waals surface area contributed by atoms with Crippen molar-refractivity contribution in [3.05, 3.63) is 53.6 Å². The van der Waals surface area contributed by atoms with Gasteiger partial charge in [-0.1, -0.05) is 6.07 Å². The van der Waals surface area contributed by atoms with Gasteiger partial charge in [0.25, 0.3) is 5.91 Å². The van der Waals surface area contributed by atoms with E-state index in [1.165, 1.54) is 5.56 Å². The summed E-state index contributed by atoms with van der Waals surface area (Å²) in [6, 6.07) is 13.5. The van der Waals surface area contributed by atoms with Gasteiger partial charge >= 0.3 is 0 Å². The van der Waals surface area contributed by atoms with Crippen LogP contribution in [0.25, 0.3) is 0 Å². The van der Waals surface area contributed by atoms with Crippen LogP contribution in [0.15, 0.2) is 42.5 Å². The summed E-state index contributed by atoms with van der Waals surface area (Å²) in [6.07, 6.45) is 0. The third kappa shape index (κ3) is 5.89. The normalized spacial score (nSPS) is 12.8. The molecule has 2 atom stereocenters. The Hall–Kier alpha value is -2.73. The number of benzene rings is 2. The molecule has 6 nitrogen and oxygen atoms in total. The Morgan fingerprint density at radius 3 is 2.29 bits per heavy atom. The van der Waals surface area contributed by atoms with Crippen molar-refractivity contribution in [2.45, 2.75) is 33.0 Å². The van der Waals surface area contributed by atoms with Gasteiger partial charge < -0.3 is 24.4 Å². The summed E-state index contributed by atoms with van der Waals surface area (Å²) in [6.45, 7) is 5.76. The van der Waals surface area contributed by atoms with Crippen LogP contribution in [0.4, 0.5) is 0 Å². The monoisotopic (exact) mass is 387 g/mol. The first-order valence-electron chi connectivity index (χ1n) is 9.51. The van der Waals surface area contributed by atoms with Crippen molar-refractivity contribution in [1.29, 1.82) is 0 Å². The maximum absolute atomic E-state index is 12.6. The van der Waals surface area contributed by atoms with Crippen molar-refractivity contribution in [2.24, 2.45) is 0 Å². The van der Waals surface area contributed by atoms with Gasteiger partial charge in [-0.05, 0) is 55.8 Å². The van der Waals surface area contributed by atoms with Gasteiger partial charge in [0, 0.05) is 12.1 Å². The summed E-state index contributed by atoms with van der Waals surface area (Å²) in [5.41, 5.74) is 2.13. The molecule has 6 heteroatoms. The Kier molecular flexibility index (Phi) is 8.14. The molecule has 0 spiro atoms. The Morgan fingerprint density at radius 1 is 1.04 bits per heavy atom. The zero-order chi connectivity index (χ0) is 20.5. The molecule has 28 heavy (non-hydrogen) atoms. The average Bonchev–Trinajstić information content (AvgIpc) is 2.72. The molecule has 0 saturated carbocycles. The molecule has 0 fully saturated rings. The minimum absolute atomic E-state index is 0.0122. The van der Waals surface area contributed by atoms with E-state index in [-0.39, 0.29) is 11.9 Å². The van der Waals surface area contributed by atoms with Crippen molar-refractivity contribution < 1.29 is 23.9 Å². The number of hydrogen-bond acceptors (Lipinski definition) is 4. The fourth-order valence-corrected chi connectivity index (χ4v) is 2.90. The highest BCUT2D eigenvalue weighted by molar-refractivity contribution is 5.79. The molecule has 2 rings (SSSR count). The highest BCUT2D eigenvalue weighted by Gasteiger charge is 2.21. The number of ether oxygens (including phenoxy) is 3. The second-order valence-electron chi connectivity index (χ2n) is 6.73. The predicted octanol–water partition coefficient (Wildman–Crippen LogP) is 1.82. The lowest BCUT2D eigenvalue weighted by molar-refractivity contribution is -0.908. The van der Waals surface area contributed by atoms with Gasteiger partial charge in [-0.3, -0.25) is 4.79 Å². The molecule has 2 aromatic rings.